The first-order valence-electron chi connectivity index (χ1n) is 4.73. The second-order valence-electron chi connectivity index (χ2n) is 3.14. The maximum Gasteiger partial charge on any atom is 0.324 e. The highest BCUT2D eigenvalue weighted by Gasteiger charge is 2.11. The lowest BCUT2D eigenvalue weighted by atomic mass is 10.2. The lowest BCUT2D eigenvalue weighted by Gasteiger charge is -2.11. The van der Waals surface area contributed by atoms with Gasteiger partial charge in [0.2, 0.25) is 0 Å². The van der Waals surface area contributed by atoms with Gasteiger partial charge in [0, 0.05) is 0 Å². The third-order valence-electron chi connectivity index (χ3n) is 1.90. The fraction of sp³-hybridized carbons (Fsp3) is 0.364. The van der Waals surface area contributed by atoms with Crippen LogP contribution >= 0.6 is 0 Å². The molecular weight excluding hydrogens is 194 g/mol. The maximum atomic E-state index is 11.0. The van der Waals surface area contributed by atoms with E-state index in [1.165, 1.54) is 7.11 Å². The molecule has 1 atom stereocenters. The van der Waals surface area contributed by atoms with Crippen LogP contribution in [-0.4, -0.2) is 19.1 Å². The van der Waals surface area contributed by atoms with E-state index in [0.29, 0.717) is 6.61 Å². The molecule has 0 saturated carbocycles. The third kappa shape index (κ3) is 4.10. The molecule has 0 aliphatic heterocycles. The van der Waals surface area contributed by atoms with Crippen molar-refractivity contribution in [2.45, 2.75) is 19.6 Å². The molecule has 0 aliphatic rings. The van der Waals surface area contributed by atoms with Gasteiger partial charge in [-0.05, 0) is 12.5 Å². The van der Waals surface area contributed by atoms with Gasteiger partial charge in [-0.2, -0.15) is 5.48 Å². The van der Waals surface area contributed by atoms with Crippen LogP contribution in [0.4, 0.5) is 0 Å². The number of carbonyl (C=O) groups excluding carboxylic acids is 1. The van der Waals surface area contributed by atoms with Crippen LogP contribution in [-0.2, 0) is 21.0 Å². The van der Waals surface area contributed by atoms with Gasteiger partial charge in [0.1, 0.15) is 6.04 Å². The second-order valence-corrected chi connectivity index (χ2v) is 3.14. The van der Waals surface area contributed by atoms with Gasteiger partial charge in [0.05, 0.1) is 13.7 Å². The molecule has 0 unspecified atom stereocenters. The van der Waals surface area contributed by atoms with Crippen molar-refractivity contribution in [2.24, 2.45) is 0 Å². The monoisotopic (exact) mass is 209 g/mol. The van der Waals surface area contributed by atoms with Crippen molar-refractivity contribution in [1.82, 2.24) is 5.48 Å². The van der Waals surface area contributed by atoms with E-state index in [9.17, 15) is 4.79 Å². The van der Waals surface area contributed by atoms with Crippen molar-refractivity contribution in [3.63, 3.8) is 0 Å². The molecule has 82 valence electrons. The summed E-state index contributed by atoms with van der Waals surface area (Å²) in [7, 11) is 1.34. The van der Waals surface area contributed by atoms with E-state index in [1.807, 2.05) is 30.3 Å². The van der Waals surface area contributed by atoms with Crippen LogP contribution in [0.15, 0.2) is 30.3 Å². The molecule has 0 amide bonds. The summed E-state index contributed by atoms with van der Waals surface area (Å²) in [5.41, 5.74) is 3.65. The van der Waals surface area contributed by atoms with E-state index in [4.69, 9.17) is 4.84 Å². The number of rotatable bonds is 5. The first-order chi connectivity index (χ1) is 7.24. The molecule has 1 N–H and O–H groups in total. The Morgan fingerprint density at radius 1 is 1.40 bits per heavy atom. The molecule has 4 nitrogen and oxygen atoms in total. The van der Waals surface area contributed by atoms with Gasteiger partial charge < -0.3 is 4.74 Å². The van der Waals surface area contributed by atoms with Crippen molar-refractivity contribution in [3.05, 3.63) is 35.9 Å². The van der Waals surface area contributed by atoms with Crippen molar-refractivity contribution >= 4 is 5.97 Å². The van der Waals surface area contributed by atoms with Crippen molar-refractivity contribution < 1.29 is 14.4 Å². The number of nitrogens with one attached hydrogen (secondary N) is 1. The summed E-state index contributed by atoms with van der Waals surface area (Å²) < 4.78 is 4.53. The Hall–Kier alpha value is -1.39. The number of methoxy groups -OCH3 is 1. The van der Waals surface area contributed by atoms with E-state index in [1.54, 1.807) is 6.92 Å². The van der Waals surface area contributed by atoms with Gasteiger partial charge in [0.15, 0.2) is 0 Å². The molecule has 0 saturated heterocycles. The highest BCUT2D eigenvalue weighted by molar-refractivity contribution is 5.74. The number of benzene rings is 1. The Balaban J connectivity index is 2.25. The van der Waals surface area contributed by atoms with Gasteiger partial charge in [-0.3, -0.25) is 9.63 Å². The summed E-state index contributed by atoms with van der Waals surface area (Å²) in [5.74, 6) is -0.344. The molecule has 0 bridgehead atoms. The summed E-state index contributed by atoms with van der Waals surface area (Å²) in [6, 6.07) is 9.24. The van der Waals surface area contributed by atoms with E-state index >= 15 is 0 Å². The smallest absolute Gasteiger partial charge is 0.324 e. The lowest BCUT2D eigenvalue weighted by Crippen LogP contribution is -2.34. The highest BCUT2D eigenvalue weighted by atomic mass is 16.6. The number of ether oxygens (including phenoxy) is 1. The van der Waals surface area contributed by atoms with Crippen LogP contribution in [0.1, 0.15) is 12.5 Å². The summed E-state index contributed by atoms with van der Waals surface area (Å²) in [6.45, 7) is 2.10. The van der Waals surface area contributed by atoms with Crippen molar-refractivity contribution in [2.75, 3.05) is 7.11 Å². The number of hydrogen-bond donors (Lipinski definition) is 1. The maximum absolute atomic E-state index is 11.0. The average molecular weight is 209 g/mol. The van der Waals surface area contributed by atoms with Crippen LogP contribution < -0.4 is 5.48 Å². The third-order valence-corrected chi connectivity index (χ3v) is 1.90. The predicted octanol–water partition coefficient (Wildman–Crippen LogP) is 1.27. The second kappa shape index (κ2) is 6.16. The molecule has 0 fully saturated rings. The van der Waals surface area contributed by atoms with Crippen molar-refractivity contribution in [1.29, 1.82) is 0 Å². The predicted molar refractivity (Wildman–Crippen MR) is 55.8 cm³/mol. The minimum Gasteiger partial charge on any atom is -0.468 e. The first-order valence-corrected chi connectivity index (χ1v) is 4.73. The molecular formula is C11H15NO3. The topological polar surface area (TPSA) is 47.6 Å². The van der Waals surface area contributed by atoms with Gasteiger partial charge in [-0.15, -0.1) is 0 Å². The number of hydrogen-bond acceptors (Lipinski definition) is 4. The van der Waals surface area contributed by atoms with E-state index in [0.717, 1.165) is 5.56 Å². The van der Waals surface area contributed by atoms with Gasteiger partial charge in [-0.1, -0.05) is 30.3 Å². The van der Waals surface area contributed by atoms with Crippen LogP contribution in [0.25, 0.3) is 0 Å². The zero-order valence-electron chi connectivity index (χ0n) is 8.90. The SMILES string of the molecule is COC(=O)[C@H](C)NOCc1ccccc1. The highest BCUT2D eigenvalue weighted by Crippen LogP contribution is 1.99. The molecule has 0 radical (unpaired) electrons. The molecule has 1 aromatic rings. The molecule has 0 heterocycles. The summed E-state index contributed by atoms with van der Waals surface area (Å²) in [6.07, 6.45) is 0. The average Bonchev–Trinajstić information content (AvgIpc) is 2.29. The Morgan fingerprint density at radius 2 is 2.07 bits per heavy atom. The van der Waals surface area contributed by atoms with Crippen LogP contribution in [0.2, 0.25) is 0 Å². The fourth-order valence-electron chi connectivity index (χ4n) is 1.05. The minimum atomic E-state index is -0.460. The number of carbonyl (C=O) groups is 1. The largest absolute Gasteiger partial charge is 0.468 e. The Morgan fingerprint density at radius 3 is 2.67 bits per heavy atom. The molecule has 1 aromatic carbocycles. The zero-order valence-corrected chi connectivity index (χ0v) is 8.90. The summed E-state index contributed by atoms with van der Waals surface area (Å²) in [4.78, 5) is 16.1. The van der Waals surface area contributed by atoms with Crippen LogP contribution in [0.5, 0.6) is 0 Å². The Bertz CT molecular complexity index is 300. The van der Waals surface area contributed by atoms with Crippen LogP contribution in [0.3, 0.4) is 0 Å². The standard InChI is InChI=1S/C11H15NO3/c1-9(11(13)14-2)12-15-8-10-6-4-3-5-7-10/h3-7,9,12H,8H2,1-2H3/t9-/m0/s1. The molecule has 0 aliphatic carbocycles. The first kappa shape index (κ1) is 11.7. The Labute approximate surface area is 89.1 Å². The minimum absolute atomic E-state index is 0.344. The molecule has 0 aromatic heterocycles. The Kier molecular flexibility index (Phi) is 4.80. The van der Waals surface area contributed by atoms with E-state index in [-0.39, 0.29) is 5.97 Å². The van der Waals surface area contributed by atoms with Crippen LogP contribution in [0, 0.1) is 0 Å². The fourth-order valence-corrected chi connectivity index (χ4v) is 1.05. The molecule has 0 spiro atoms. The lowest BCUT2D eigenvalue weighted by molar-refractivity contribution is -0.147. The van der Waals surface area contributed by atoms with E-state index in [2.05, 4.69) is 10.2 Å². The van der Waals surface area contributed by atoms with Gasteiger partial charge in [0.25, 0.3) is 0 Å². The normalized spacial score (nSPS) is 12.1. The molecule has 4 heteroatoms. The molecule has 15 heavy (non-hydrogen) atoms. The number of hydroxylamine groups is 1. The quantitative estimate of drug-likeness (QED) is 0.586. The van der Waals surface area contributed by atoms with Gasteiger partial charge in [-0.25, -0.2) is 0 Å². The van der Waals surface area contributed by atoms with Gasteiger partial charge >= 0.3 is 5.97 Å². The summed E-state index contributed by atoms with van der Waals surface area (Å²) in [5, 5.41) is 0. The summed E-state index contributed by atoms with van der Waals surface area (Å²) >= 11 is 0. The molecule has 1 rings (SSSR count). The van der Waals surface area contributed by atoms with Crippen molar-refractivity contribution in [3.8, 4) is 0 Å². The number of esters is 1. The van der Waals surface area contributed by atoms with E-state index < -0.39 is 6.04 Å². The zero-order chi connectivity index (χ0) is 11.1.